The Bertz CT molecular complexity index is 566. The molecule has 1 amide bonds. The minimum atomic E-state index is -0.796. The van der Waals surface area contributed by atoms with E-state index in [0.717, 1.165) is 50.9 Å². The minimum absolute atomic E-state index is 0.286. The number of amides is 1. The Morgan fingerprint density at radius 2 is 1.87 bits per heavy atom. The van der Waals surface area contributed by atoms with Crippen molar-refractivity contribution in [2.75, 3.05) is 26.7 Å². The van der Waals surface area contributed by atoms with Crippen LogP contribution in [0, 0.1) is 23.5 Å². The van der Waals surface area contributed by atoms with Crippen LogP contribution in [-0.4, -0.2) is 42.4 Å². The second-order valence-electron chi connectivity index (χ2n) is 6.96. The first-order valence-electron chi connectivity index (χ1n) is 8.44. The summed E-state index contributed by atoms with van der Waals surface area (Å²) in [5.41, 5.74) is 0.809. The number of likely N-dealkylation sites (tertiary alicyclic amines) is 1. The van der Waals surface area contributed by atoms with Gasteiger partial charge in [-0.05, 0) is 62.4 Å². The van der Waals surface area contributed by atoms with Gasteiger partial charge in [0.05, 0.1) is 0 Å². The van der Waals surface area contributed by atoms with Gasteiger partial charge in [0.2, 0.25) is 5.91 Å². The normalized spacial score (nSPS) is 19.8. The molecule has 0 N–H and O–H groups in total. The molecule has 0 aromatic heterocycles. The molecule has 1 aliphatic heterocycles. The number of piperidine rings is 1. The highest BCUT2D eigenvalue weighted by molar-refractivity contribution is 5.80. The summed E-state index contributed by atoms with van der Waals surface area (Å²) in [4.78, 5) is 16.2. The van der Waals surface area contributed by atoms with Crippen LogP contribution in [0.25, 0.3) is 0 Å². The summed E-state index contributed by atoms with van der Waals surface area (Å²) in [5, 5.41) is 0. The lowest BCUT2D eigenvalue weighted by Gasteiger charge is -2.34. The Labute approximate surface area is 136 Å². The first-order chi connectivity index (χ1) is 11.0. The summed E-state index contributed by atoms with van der Waals surface area (Å²) >= 11 is 0. The summed E-state index contributed by atoms with van der Waals surface area (Å²) in [6.07, 6.45) is 4.20. The van der Waals surface area contributed by atoms with Gasteiger partial charge in [-0.3, -0.25) is 9.69 Å². The van der Waals surface area contributed by atoms with Crippen molar-refractivity contribution in [2.24, 2.45) is 11.8 Å². The molecule has 1 aromatic carbocycles. The highest BCUT2D eigenvalue weighted by Crippen LogP contribution is 2.31. The smallest absolute Gasteiger partial charge is 0.225 e. The maximum atomic E-state index is 13.3. The van der Waals surface area contributed by atoms with E-state index in [2.05, 4.69) is 4.90 Å². The third-order valence-electron chi connectivity index (χ3n) is 4.93. The maximum Gasteiger partial charge on any atom is 0.225 e. The van der Waals surface area contributed by atoms with Crippen molar-refractivity contribution in [3.63, 3.8) is 0 Å². The molecule has 0 bridgehead atoms. The number of rotatable bonds is 5. The molecule has 1 saturated heterocycles. The molecule has 23 heavy (non-hydrogen) atoms. The highest BCUT2D eigenvalue weighted by atomic mass is 19.2. The minimum Gasteiger partial charge on any atom is -0.345 e. The lowest BCUT2D eigenvalue weighted by atomic mass is 9.95. The van der Waals surface area contributed by atoms with Gasteiger partial charge in [0.15, 0.2) is 11.6 Å². The fourth-order valence-electron chi connectivity index (χ4n) is 3.34. The predicted octanol–water partition coefficient (Wildman–Crippen LogP) is 3.05. The zero-order valence-corrected chi connectivity index (χ0v) is 13.6. The van der Waals surface area contributed by atoms with Crippen molar-refractivity contribution in [3.05, 3.63) is 35.4 Å². The Kier molecular flexibility index (Phi) is 4.95. The number of carbonyl (C=O) groups excluding carboxylic acids is 1. The Morgan fingerprint density at radius 1 is 1.17 bits per heavy atom. The van der Waals surface area contributed by atoms with Gasteiger partial charge < -0.3 is 4.90 Å². The predicted molar refractivity (Wildman–Crippen MR) is 84.7 cm³/mol. The number of nitrogens with zero attached hydrogens (tertiary/aromatic N) is 2. The van der Waals surface area contributed by atoms with Gasteiger partial charge in [-0.1, -0.05) is 6.07 Å². The average molecular weight is 322 g/mol. The molecule has 3 nitrogen and oxygen atoms in total. The number of benzene rings is 1. The van der Waals surface area contributed by atoms with Crippen LogP contribution < -0.4 is 0 Å². The molecule has 0 unspecified atom stereocenters. The summed E-state index contributed by atoms with van der Waals surface area (Å²) in [7, 11) is 1.91. The van der Waals surface area contributed by atoms with Crippen molar-refractivity contribution < 1.29 is 13.6 Å². The van der Waals surface area contributed by atoms with E-state index in [9.17, 15) is 13.6 Å². The number of hydrogen-bond donors (Lipinski definition) is 0. The summed E-state index contributed by atoms with van der Waals surface area (Å²) in [6, 6.07) is 4.12. The van der Waals surface area contributed by atoms with Gasteiger partial charge in [0.1, 0.15) is 0 Å². The van der Waals surface area contributed by atoms with Crippen molar-refractivity contribution in [3.8, 4) is 0 Å². The largest absolute Gasteiger partial charge is 0.345 e. The van der Waals surface area contributed by atoms with Crippen LogP contribution in [0.5, 0.6) is 0 Å². The monoisotopic (exact) mass is 322 g/mol. The number of carbonyl (C=O) groups is 1. The van der Waals surface area contributed by atoms with Crippen LogP contribution in [0.3, 0.4) is 0 Å². The maximum absolute atomic E-state index is 13.3. The fourth-order valence-corrected chi connectivity index (χ4v) is 3.34. The molecule has 2 fully saturated rings. The van der Waals surface area contributed by atoms with Crippen LogP contribution in [0.4, 0.5) is 8.78 Å². The van der Waals surface area contributed by atoms with Gasteiger partial charge >= 0.3 is 0 Å². The van der Waals surface area contributed by atoms with E-state index in [0.29, 0.717) is 18.4 Å². The fraction of sp³-hybridized carbons (Fsp3) is 0.611. The first-order valence-corrected chi connectivity index (χ1v) is 8.44. The average Bonchev–Trinajstić information content (AvgIpc) is 3.37. The van der Waals surface area contributed by atoms with E-state index in [4.69, 9.17) is 0 Å². The molecular formula is C18H24F2N2O. The molecule has 0 radical (unpaired) electrons. The molecule has 0 spiro atoms. The van der Waals surface area contributed by atoms with E-state index >= 15 is 0 Å². The Morgan fingerprint density at radius 3 is 2.48 bits per heavy atom. The molecule has 1 heterocycles. The van der Waals surface area contributed by atoms with Gasteiger partial charge in [-0.25, -0.2) is 8.78 Å². The highest BCUT2D eigenvalue weighted by Gasteiger charge is 2.33. The third kappa shape index (κ3) is 4.28. The lowest BCUT2D eigenvalue weighted by Crippen LogP contribution is -2.39. The van der Waals surface area contributed by atoms with Crippen molar-refractivity contribution in [1.29, 1.82) is 0 Å². The number of halogens is 2. The van der Waals surface area contributed by atoms with Gasteiger partial charge in [-0.15, -0.1) is 0 Å². The second kappa shape index (κ2) is 6.95. The second-order valence-corrected chi connectivity index (χ2v) is 6.96. The van der Waals surface area contributed by atoms with Crippen LogP contribution >= 0.6 is 0 Å². The van der Waals surface area contributed by atoms with E-state index in [1.807, 2.05) is 11.9 Å². The molecule has 0 atom stereocenters. The summed E-state index contributed by atoms with van der Waals surface area (Å²) < 4.78 is 26.2. The Hall–Kier alpha value is -1.49. The zero-order chi connectivity index (χ0) is 16.4. The van der Waals surface area contributed by atoms with E-state index < -0.39 is 11.6 Å². The molecular weight excluding hydrogens is 298 g/mol. The quantitative estimate of drug-likeness (QED) is 0.832. The van der Waals surface area contributed by atoms with Crippen LogP contribution in [0.15, 0.2) is 18.2 Å². The Balaban J connectivity index is 1.44. The van der Waals surface area contributed by atoms with Crippen LogP contribution in [0.2, 0.25) is 0 Å². The zero-order valence-electron chi connectivity index (χ0n) is 13.6. The molecule has 1 aromatic rings. The SMILES string of the molecule is CN(CC1CCN(Cc2ccc(F)c(F)c2)CC1)C(=O)C1CC1. The van der Waals surface area contributed by atoms with Gasteiger partial charge in [-0.2, -0.15) is 0 Å². The topological polar surface area (TPSA) is 23.6 Å². The van der Waals surface area contributed by atoms with E-state index in [1.165, 1.54) is 12.1 Å². The standard InChI is InChI=1S/C18H24F2N2O/c1-21(18(23)15-3-4-15)11-13-6-8-22(9-7-13)12-14-2-5-16(19)17(20)10-14/h2,5,10,13,15H,3-4,6-9,11-12H2,1H3. The van der Waals surface area contributed by atoms with Crippen LogP contribution in [-0.2, 0) is 11.3 Å². The van der Waals surface area contributed by atoms with Gasteiger partial charge in [0, 0.05) is 26.1 Å². The molecule has 2 aliphatic rings. The van der Waals surface area contributed by atoms with Crippen molar-refractivity contribution in [1.82, 2.24) is 9.80 Å². The summed E-state index contributed by atoms with van der Waals surface area (Å²) in [6.45, 7) is 3.37. The third-order valence-corrected chi connectivity index (χ3v) is 4.93. The van der Waals surface area contributed by atoms with Crippen LogP contribution in [0.1, 0.15) is 31.2 Å². The molecule has 1 aliphatic carbocycles. The molecule has 3 rings (SSSR count). The number of hydrogen-bond acceptors (Lipinski definition) is 2. The van der Waals surface area contributed by atoms with E-state index in [-0.39, 0.29) is 5.92 Å². The molecule has 126 valence electrons. The van der Waals surface area contributed by atoms with Crippen molar-refractivity contribution in [2.45, 2.75) is 32.2 Å². The van der Waals surface area contributed by atoms with Crippen molar-refractivity contribution >= 4 is 5.91 Å². The molecule has 1 saturated carbocycles. The first kappa shape index (κ1) is 16.4. The van der Waals surface area contributed by atoms with E-state index in [1.54, 1.807) is 6.07 Å². The summed E-state index contributed by atoms with van der Waals surface area (Å²) in [5.74, 6) is -0.444. The lowest BCUT2D eigenvalue weighted by molar-refractivity contribution is -0.132. The van der Waals surface area contributed by atoms with Gasteiger partial charge in [0.25, 0.3) is 0 Å². The molecule has 5 heteroatoms.